The number of nitrogens with zero attached hydrogens (tertiary/aromatic N) is 1. The second-order valence-corrected chi connectivity index (χ2v) is 3.12. The van der Waals surface area contributed by atoms with Crippen LogP contribution in [0.5, 0.6) is 0 Å². The maximum Gasteiger partial charge on any atom is 0.310 e. The molecule has 72 valence electrons. The minimum Gasteiger partial charge on any atom is -0.466 e. The average Bonchev–Trinajstić information content (AvgIpc) is 2.00. The van der Waals surface area contributed by atoms with Crippen molar-refractivity contribution in [3.05, 3.63) is 0 Å². The fourth-order valence-electron chi connectivity index (χ4n) is 1.07. The molecule has 0 bridgehead atoms. The van der Waals surface area contributed by atoms with Crippen LogP contribution >= 0.6 is 0 Å². The predicted molar refractivity (Wildman–Crippen MR) is 49.0 cm³/mol. The Balaban J connectivity index is 3.87. The highest BCUT2D eigenvalue weighted by Crippen LogP contribution is 2.05. The zero-order valence-corrected chi connectivity index (χ0v) is 8.46. The van der Waals surface area contributed by atoms with E-state index in [0.717, 1.165) is 13.0 Å². The van der Waals surface area contributed by atoms with Crippen molar-refractivity contribution < 1.29 is 9.53 Å². The molecule has 0 aromatic rings. The van der Waals surface area contributed by atoms with E-state index in [4.69, 9.17) is 4.74 Å². The first kappa shape index (κ1) is 11.4. The van der Waals surface area contributed by atoms with Gasteiger partial charge in [0.2, 0.25) is 0 Å². The molecule has 3 nitrogen and oxygen atoms in total. The first-order valence-electron chi connectivity index (χ1n) is 4.43. The van der Waals surface area contributed by atoms with Gasteiger partial charge in [0.1, 0.15) is 0 Å². The molecule has 0 aliphatic rings. The predicted octanol–water partition coefficient (Wildman–Crippen LogP) is 1.14. The first-order chi connectivity index (χ1) is 5.61. The van der Waals surface area contributed by atoms with Crippen molar-refractivity contribution in [1.29, 1.82) is 0 Å². The van der Waals surface area contributed by atoms with E-state index in [9.17, 15) is 4.79 Å². The Labute approximate surface area is 74.7 Å². The summed E-state index contributed by atoms with van der Waals surface area (Å²) in [4.78, 5) is 13.3. The molecule has 1 unspecified atom stereocenters. The topological polar surface area (TPSA) is 29.5 Å². The van der Waals surface area contributed by atoms with E-state index in [1.165, 1.54) is 0 Å². The first-order valence-corrected chi connectivity index (χ1v) is 4.43. The molecule has 0 saturated carbocycles. The molecule has 0 amide bonds. The van der Waals surface area contributed by atoms with E-state index in [1.54, 1.807) is 0 Å². The van der Waals surface area contributed by atoms with Gasteiger partial charge in [-0.1, -0.05) is 6.92 Å². The summed E-state index contributed by atoms with van der Waals surface area (Å²) in [5, 5.41) is 0. The van der Waals surface area contributed by atoms with Crippen molar-refractivity contribution in [2.45, 2.75) is 20.3 Å². The molecule has 12 heavy (non-hydrogen) atoms. The van der Waals surface area contributed by atoms with Crippen molar-refractivity contribution in [2.24, 2.45) is 5.92 Å². The molecule has 0 N–H and O–H groups in total. The van der Waals surface area contributed by atoms with Crippen LogP contribution in [0.15, 0.2) is 0 Å². The molecule has 0 heterocycles. The molecule has 0 aliphatic heterocycles. The van der Waals surface area contributed by atoms with Gasteiger partial charge in [-0.05, 0) is 27.4 Å². The molecule has 1 atom stereocenters. The van der Waals surface area contributed by atoms with Crippen LogP contribution in [-0.2, 0) is 9.53 Å². The van der Waals surface area contributed by atoms with E-state index in [1.807, 2.05) is 32.8 Å². The Kier molecular flexibility index (Phi) is 5.72. The standard InChI is InChI=1S/C9H19NO2/c1-5-8(7-10(3)4)9(11)12-6-2/h8H,5-7H2,1-4H3. The Morgan fingerprint density at radius 2 is 2.00 bits per heavy atom. The van der Waals surface area contributed by atoms with Crippen LogP contribution in [0.4, 0.5) is 0 Å². The van der Waals surface area contributed by atoms with Crippen molar-refractivity contribution in [1.82, 2.24) is 4.90 Å². The summed E-state index contributed by atoms with van der Waals surface area (Å²) < 4.78 is 4.93. The lowest BCUT2D eigenvalue weighted by atomic mass is 10.1. The highest BCUT2D eigenvalue weighted by atomic mass is 16.5. The van der Waals surface area contributed by atoms with E-state index in [-0.39, 0.29) is 11.9 Å². The number of hydrogen-bond donors (Lipinski definition) is 0. The Morgan fingerprint density at radius 1 is 1.42 bits per heavy atom. The van der Waals surface area contributed by atoms with E-state index in [0.29, 0.717) is 6.61 Å². The number of esters is 1. The quantitative estimate of drug-likeness (QED) is 0.584. The summed E-state index contributed by atoms with van der Waals surface area (Å²) in [6, 6.07) is 0. The zero-order chi connectivity index (χ0) is 9.56. The number of rotatable bonds is 5. The normalized spacial score (nSPS) is 13.1. The molecule has 0 rings (SSSR count). The Morgan fingerprint density at radius 3 is 2.33 bits per heavy atom. The number of carbonyl (C=O) groups is 1. The van der Waals surface area contributed by atoms with Gasteiger partial charge < -0.3 is 9.64 Å². The van der Waals surface area contributed by atoms with Gasteiger partial charge in [-0.2, -0.15) is 0 Å². The van der Waals surface area contributed by atoms with Crippen molar-refractivity contribution >= 4 is 5.97 Å². The van der Waals surface area contributed by atoms with Crippen LogP contribution in [-0.4, -0.2) is 38.1 Å². The van der Waals surface area contributed by atoms with Crippen LogP contribution in [0.2, 0.25) is 0 Å². The third kappa shape index (κ3) is 4.34. The fourth-order valence-corrected chi connectivity index (χ4v) is 1.07. The van der Waals surface area contributed by atoms with Gasteiger partial charge in [-0.3, -0.25) is 4.79 Å². The average molecular weight is 173 g/mol. The zero-order valence-electron chi connectivity index (χ0n) is 8.46. The van der Waals surface area contributed by atoms with E-state index < -0.39 is 0 Å². The SMILES string of the molecule is CCOC(=O)C(CC)CN(C)C. The van der Waals surface area contributed by atoms with Gasteiger partial charge in [0, 0.05) is 6.54 Å². The lowest BCUT2D eigenvalue weighted by molar-refractivity contribution is -0.148. The van der Waals surface area contributed by atoms with Gasteiger partial charge in [0.15, 0.2) is 0 Å². The van der Waals surface area contributed by atoms with Crippen molar-refractivity contribution in [2.75, 3.05) is 27.2 Å². The molecule has 0 saturated heterocycles. The maximum atomic E-state index is 11.3. The van der Waals surface area contributed by atoms with E-state index >= 15 is 0 Å². The highest BCUT2D eigenvalue weighted by Gasteiger charge is 2.17. The maximum absolute atomic E-state index is 11.3. The molecule has 0 radical (unpaired) electrons. The van der Waals surface area contributed by atoms with E-state index in [2.05, 4.69) is 0 Å². The fraction of sp³-hybridized carbons (Fsp3) is 0.889. The highest BCUT2D eigenvalue weighted by molar-refractivity contribution is 5.72. The molecule has 0 aromatic carbocycles. The van der Waals surface area contributed by atoms with Crippen LogP contribution in [0.3, 0.4) is 0 Å². The molecule has 0 aliphatic carbocycles. The summed E-state index contributed by atoms with van der Waals surface area (Å²) in [6.45, 7) is 5.09. The molecule has 0 spiro atoms. The summed E-state index contributed by atoms with van der Waals surface area (Å²) >= 11 is 0. The minimum atomic E-state index is -0.0753. The van der Waals surface area contributed by atoms with Crippen molar-refractivity contribution in [3.8, 4) is 0 Å². The molecular formula is C9H19NO2. The van der Waals surface area contributed by atoms with Crippen molar-refractivity contribution in [3.63, 3.8) is 0 Å². The number of carbonyl (C=O) groups excluding carboxylic acids is 1. The molecule has 3 heteroatoms. The van der Waals surface area contributed by atoms with Crippen LogP contribution in [0.25, 0.3) is 0 Å². The number of hydrogen-bond acceptors (Lipinski definition) is 3. The largest absolute Gasteiger partial charge is 0.466 e. The van der Waals surface area contributed by atoms with Gasteiger partial charge in [-0.15, -0.1) is 0 Å². The lowest BCUT2D eigenvalue weighted by Gasteiger charge is -2.17. The molecule has 0 aromatic heterocycles. The van der Waals surface area contributed by atoms with Gasteiger partial charge in [0.05, 0.1) is 12.5 Å². The van der Waals surface area contributed by atoms with Gasteiger partial charge in [-0.25, -0.2) is 0 Å². The Hall–Kier alpha value is -0.570. The third-order valence-electron chi connectivity index (χ3n) is 1.70. The third-order valence-corrected chi connectivity index (χ3v) is 1.70. The number of ether oxygens (including phenoxy) is 1. The van der Waals surface area contributed by atoms with Crippen LogP contribution in [0, 0.1) is 5.92 Å². The summed E-state index contributed by atoms with van der Waals surface area (Å²) in [6.07, 6.45) is 0.844. The monoisotopic (exact) mass is 173 g/mol. The Bertz CT molecular complexity index is 134. The van der Waals surface area contributed by atoms with Crippen LogP contribution < -0.4 is 0 Å². The summed E-state index contributed by atoms with van der Waals surface area (Å²) in [5.41, 5.74) is 0. The van der Waals surface area contributed by atoms with Gasteiger partial charge in [0.25, 0.3) is 0 Å². The second-order valence-electron chi connectivity index (χ2n) is 3.12. The molecule has 0 fully saturated rings. The lowest BCUT2D eigenvalue weighted by Crippen LogP contribution is -2.28. The smallest absolute Gasteiger partial charge is 0.310 e. The summed E-state index contributed by atoms with van der Waals surface area (Å²) in [7, 11) is 3.92. The van der Waals surface area contributed by atoms with Crippen LogP contribution in [0.1, 0.15) is 20.3 Å². The summed E-state index contributed by atoms with van der Waals surface area (Å²) in [5.74, 6) is -0.0475. The second kappa shape index (κ2) is 6.00. The minimum absolute atomic E-state index is 0.0277. The van der Waals surface area contributed by atoms with Gasteiger partial charge >= 0.3 is 5.97 Å². The molecular weight excluding hydrogens is 154 g/mol.